The quantitative estimate of drug-likeness (QED) is 0.819. The highest BCUT2D eigenvalue weighted by Gasteiger charge is 2.41. The van der Waals surface area contributed by atoms with Crippen LogP contribution in [-0.2, 0) is 9.53 Å². The van der Waals surface area contributed by atoms with E-state index >= 15 is 0 Å². The minimum atomic E-state index is 0.0238. The molecule has 0 radical (unpaired) electrons. The highest BCUT2D eigenvalue weighted by atomic mass is 16.5. The van der Waals surface area contributed by atoms with Crippen molar-refractivity contribution in [2.75, 3.05) is 20.2 Å². The average Bonchev–Trinajstić information content (AvgIpc) is 2.72. The zero-order valence-electron chi connectivity index (χ0n) is 11.2. The number of amides is 1. The van der Waals surface area contributed by atoms with Crippen molar-refractivity contribution in [3.05, 3.63) is 0 Å². The molecule has 0 aromatic heterocycles. The third-order valence-corrected chi connectivity index (χ3v) is 4.97. The fourth-order valence-electron chi connectivity index (χ4n) is 3.77. The van der Waals surface area contributed by atoms with E-state index in [4.69, 9.17) is 4.74 Å². The Morgan fingerprint density at radius 2 is 2.11 bits per heavy atom. The van der Waals surface area contributed by atoms with Gasteiger partial charge in [0.25, 0.3) is 0 Å². The van der Waals surface area contributed by atoms with E-state index < -0.39 is 0 Å². The van der Waals surface area contributed by atoms with Crippen molar-refractivity contribution < 1.29 is 9.53 Å². The first-order chi connectivity index (χ1) is 8.79. The van der Waals surface area contributed by atoms with E-state index in [9.17, 15) is 4.79 Å². The van der Waals surface area contributed by atoms with Gasteiger partial charge in [-0.05, 0) is 45.1 Å². The molecule has 4 atom stereocenters. The molecule has 1 N–H and O–H groups in total. The highest BCUT2D eigenvalue weighted by molar-refractivity contribution is 5.82. The van der Waals surface area contributed by atoms with E-state index in [1.165, 1.54) is 25.7 Å². The van der Waals surface area contributed by atoms with E-state index in [-0.39, 0.29) is 6.04 Å². The summed E-state index contributed by atoms with van der Waals surface area (Å²) < 4.78 is 5.53. The van der Waals surface area contributed by atoms with Gasteiger partial charge in [0.15, 0.2) is 0 Å². The Balaban J connectivity index is 1.76. The zero-order chi connectivity index (χ0) is 12.5. The summed E-state index contributed by atoms with van der Waals surface area (Å²) >= 11 is 0. The Hall–Kier alpha value is -0.610. The molecule has 1 aliphatic carbocycles. The van der Waals surface area contributed by atoms with Gasteiger partial charge in [0.05, 0.1) is 12.1 Å². The molecule has 2 heterocycles. The smallest absolute Gasteiger partial charge is 0.240 e. The van der Waals surface area contributed by atoms with Crippen molar-refractivity contribution >= 4 is 5.91 Å². The van der Waals surface area contributed by atoms with Gasteiger partial charge >= 0.3 is 0 Å². The molecule has 3 aliphatic rings. The molecule has 102 valence electrons. The predicted octanol–water partition coefficient (Wildman–Crippen LogP) is 1.15. The maximum absolute atomic E-state index is 12.6. The third kappa shape index (κ3) is 2.16. The van der Waals surface area contributed by atoms with Crippen molar-refractivity contribution in [1.82, 2.24) is 10.2 Å². The summed E-state index contributed by atoms with van der Waals surface area (Å²) in [6.45, 7) is 1.69. The van der Waals surface area contributed by atoms with Crippen LogP contribution in [0.5, 0.6) is 0 Å². The number of hydrogen-bond acceptors (Lipinski definition) is 3. The summed E-state index contributed by atoms with van der Waals surface area (Å²) in [6.07, 6.45) is 7.39. The monoisotopic (exact) mass is 252 g/mol. The van der Waals surface area contributed by atoms with Crippen LogP contribution >= 0.6 is 0 Å². The van der Waals surface area contributed by atoms with E-state index in [0.29, 0.717) is 18.1 Å². The van der Waals surface area contributed by atoms with E-state index in [1.807, 2.05) is 7.05 Å². The zero-order valence-corrected chi connectivity index (χ0v) is 11.2. The lowest BCUT2D eigenvalue weighted by Gasteiger charge is -2.37. The van der Waals surface area contributed by atoms with Gasteiger partial charge in [-0.1, -0.05) is 6.42 Å². The van der Waals surface area contributed by atoms with Crippen molar-refractivity contribution in [3.8, 4) is 0 Å². The SMILES string of the molecule is CNC1CCC2CCCC2N(CC2CCO2)C1=O. The maximum atomic E-state index is 12.6. The fourth-order valence-corrected chi connectivity index (χ4v) is 3.77. The Morgan fingerprint density at radius 3 is 2.78 bits per heavy atom. The number of likely N-dealkylation sites (N-methyl/N-ethyl adjacent to an activating group) is 1. The lowest BCUT2D eigenvalue weighted by Crippen LogP contribution is -2.52. The third-order valence-electron chi connectivity index (χ3n) is 4.97. The van der Waals surface area contributed by atoms with E-state index in [2.05, 4.69) is 10.2 Å². The van der Waals surface area contributed by atoms with Gasteiger partial charge in [0.2, 0.25) is 5.91 Å². The summed E-state index contributed by atoms with van der Waals surface area (Å²) in [7, 11) is 1.90. The Kier molecular flexibility index (Phi) is 3.57. The van der Waals surface area contributed by atoms with E-state index in [1.54, 1.807) is 0 Å². The molecular weight excluding hydrogens is 228 g/mol. The maximum Gasteiger partial charge on any atom is 0.240 e. The average molecular weight is 252 g/mol. The number of nitrogens with zero attached hydrogens (tertiary/aromatic N) is 1. The number of nitrogens with one attached hydrogen (secondary N) is 1. The van der Waals surface area contributed by atoms with Crippen molar-refractivity contribution in [2.45, 2.75) is 56.7 Å². The minimum absolute atomic E-state index is 0.0238. The first kappa shape index (κ1) is 12.4. The molecule has 18 heavy (non-hydrogen) atoms. The van der Waals surface area contributed by atoms with Gasteiger partial charge in [-0.15, -0.1) is 0 Å². The molecule has 0 spiro atoms. The number of ether oxygens (including phenoxy) is 1. The van der Waals surface area contributed by atoms with Crippen LogP contribution in [0.25, 0.3) is 0 Å². The lowest BCUT2D eigenvalue weighted by molar-refractivity contribution is -0.141. The summed E-state index contributed by atoms with van der Waals surface area (Å²) in [5.41, 5.74) is 0. The Labute approximate surface area is 109 Å². The second-order valence-electron chi connectivity index (χ2n) is 5.95. The number of carbonyl (C=O) groups excluding carboxylic acids is 1. The molecule has 4 nitrogen and oxygen atoms in total. The normalized spacial score (nSPS) is 40.3. The highest BCUT2D eigenvalue weighted by Crippen LogP contribution is 2.37. The molecule has 3 rings (SSSR count). The van der Waals surface area contributed by atoms with Crippen LogP contribution in [0, 0.1) is 5.92 Å². The molecule has 1 amide bonds. The topological polar surface area (TPSA) is 41.6 Å². The van der Waals surface area contributed by atoms with Gasteiger partial charge in [0, 0.05) is 19.2 Å². The Morgan fingerprint density at radius 1 is 1.28 bits per heavy atom. The van der Waals surface area contributed by atoms with Gasteiger partial charge < -0.3 is 15.0 Å². The summed E-state index contributed by atoms with van der Waals surface area (Å²) in [5.74, 6) is 1.04. The number of rotatable bonds is 3. The predicted molar refractivity (Wildman–Crippen MR) is 69.3 cm³/mol. The second kappa shape index (κ2) is 5.17. The van der Waals surface area contributed by atoms with E-state index in [0.717, 1.165) is 31.9 Å². The van der Waals surface area contributed by atoms with Crippen molar-refractivity contribution in [1.29, 1.82) is 0 Å². The van der Waals surface area contributed by atoms with Crippen LogP contribution in [-0.4, -0.2) is 49.2 Å². The molecule has 2 aliphatic heterocycles. The largest absolute Gasteiger partial charge is 0.376 e. The summed E-state index contributed by atoms with van der Waals surface area (Å²) in [4.78, 5) is 14.8. The number of hydrogen-bond donors (Lipinski definition) is 1. The van der Waals surface area contributed by atoms with Crippen LogP contribution in [0.1, 0.15) is 38.5 Å². The van der Waals surface area contributed by atoms with Crippen LogP contribution in [0.4, 0.5) is 0 Å². The molecule has 4 unspecified atom stereocenters. The standard InChI is InChI=1S/C14H24N2O2/c1-15-12-6-5-10-3-2-4-13(10)16(14(12)17)9-11-7-8-18-11/h10-13,15H,2-9H2,1H3. The minimum Gasteiger partial charge on any atom is -0.376 e. The van der Waals surface area contributed by atoms with Gasteiger partial charge in [-0.25, -0.2) is 0 Å². The van der Waals surface area contributed by atoms with Crippen molar-refractivity contribution in [2.24, 2.45) is 5.92 Å². The van der Waals surface area contributed by atoms with Crippen LogP contribution in [0.2, 0.25) is 0 Å². The second-order valence-corrected chi connectivity index (χ2v) is 5.95. The van der Waals surface area contributed by atoms with Crippen LogP contribution < -0.4 is 5.32 Å². The molecule has 2 saturated heterocycles. The molecular formula is C14H24N2O2. The number of fused-ring (bicyclic) bond motifs is 1. The summed E-state index contributed by atoms with van der Waals surface area (Å²) in [5, 5.41) is 3.19. The van der Waals surface area contributed by atoms with Crippen LogP contribution in [0.15, 0.2) is 0 Å². The Bertz CT molecular complexity index is 317. The molecule has 0 aromatic carbocycles. The van der Waals surface area contributed by atoms with Gasteiger partial charge in [0.1, 0.15) is 0 Å². The first-order valence-corrected chi connectivity index (χ1v) is 7.39. The number of carbonyl (C=O) groups is 1. The molecule has 0 bridgehead atoms. The lowest BCUT2D eigenvalue weighted by atomic mass is 9.97. The molecule has 1 saturated carbocycles. The number of likely N-dealkylation sites (tertiary alicyclic amines) is 1. The van der Waals surface area contributed by atoms with Gasteiger partial charge in [-0.2, -0.15) is 0 Å². The molecule has 4 heteroatoms. The fraction of sp³-hybridized carbons (Fsp3) is 0.929. The van der Waals surface area contributed by atoms with Gasteiger partial charge in [-0.3, -0.25) is 4.79 Å². The van der Waals surface area contributed by atoms with Crippen molar-refractivity contribution in [3.63, 3.8) is 0 Å². The summed E-state index contributed by atoms with van der Waals surface area (Å²) in [6, 6.07) is 0.510. The molecule has 3 fully saturated rings. The molecule has 0 aromatic rings. The van der Waals surface area contributed by atoms with Crippen LogP contribution in [0.3, 0.4) is 0 Å². The first-order valence-electron chi connectivity index (χ1n) is 7.39.